The van der Waals surface area contributed by atoms with Crippen molar-refractivity contribution >= 4 is 44.9 Å². The van der Waals surface area contributed by atoms with Crippen LogP contribution in [0.1, 0.15) is 6.92 Å². The van der Waals surface area contributed by atoms with Crippen molar-refractivity contribution in [2.75, 3.05) is 0 Å². The van der Waals surface area contributed by atoms with Gasteiger partial charge in [-0.05, 0) is 29.7 Å². The normalized spacial score (nSPS) is 12.5. The smallest absolute Gasteiger partial charge is 0.318 e. The molecule has 108 valence electrons. The number of rotatable bonds is 1. The molecule has 1 aromatic carbocycles. The summed E-state index contributed by atoms with van der Waals surface area (Å²) in [4.78, 5) is 20.4. The van der Waals surface area contributed by atoms with Crippen LogP contribution < -0.4 is 5.36 Å². The third-order valence-corrected chi connectivity index (χ3v) is 3.88. The molecule has 0 atom stereocenters. The van der Waals surface area contributed by atoms with Crippen LogP contribution in [-0.4, -0.2) is 15.4 Å². The summed E-state index contributed by atoms with van der Waals surface area (Å²) >= 11 is 6.40. The third-order valence-electron chi connectivity index (χ3n) is 3.58. The first-order valence-corrected chi connectivity index (χ1v) is 7.06. The number of nitrogens with zero attached hydrogens (tertiary/aromatic N) is 3. The Kier molecular flexibility index (Phi) is 2.77. The van der Waals surface area contributed by atoms with Gasteiger partial charge in [0.2, 0.25) is 0 Å². The van der Waals surface area contributed by atoms with Gasteiger partial charge in [-0.15, -0.1) is 0 Å². The van der Waals surface area contributed by atoms with Crippen LogP contribution in [0.25, 0.3) is 27.3 Å². The van der Waals surface area contributed by atoms with E-state index in [1.807, 2.05) is 40.9 Å². The summed E-state index contributed by atoms with van der Waals surface area (Å²) in [6.45, 7) is 1.31. The number of carbonyl (C=O) groups excluding carboxylic acids is 1. The molecule has 5 nitrogen and oxygen atoms in total. The second kappa shape index (κ2) is 4.68. The van der Waals surface area contributed by atoms with Gasteiger partial charge < -0.3 is 9.24 Å². The number of pyridine rings is 2. The molecule has 0 radical (unpaired) electrons. The number of halogens is 1. The topological polar surface area (TPSA) is 56.0 Å². The first-order valence-electron chi connectivity index (χ1n) is 6.68. The number of fused-ring (bicyclic) bond motifs is 2. The van der Waals surface area contributed by atoms with Crippen molar-refractivity contribution in [3.8, 4) is 0 Å². The summed E-state index contributed by atoms with van der Waals surface area (Å²) in [7, 11) is 0. The molecular formula is C16H10ClN3O2. The van der Waals surface area contributed by atoms with E-state index in [1.165, 1.54) is 6.92 Å². The molecule has 0 amide bonds. The zero-order valence-corrected chi connectivity index (χ0v) is 12.3. The molecule has 0 fully saturated rings. The fourth-order valence-electron chi connectivity index (χ4n) is 2.73. The van der Waals surface area contributed by atoms with Crippen LogP contribution in [-0.2, 0) is 9.63 Å². The van der Waals surface area contributed by atoms with E-state index in [9.17, 15) is 4.79 Å². The molecule has 0 saturated carbocycles. The van der Waals surface area contributed by atoms with Gasteiger partial charge in [-0.1, -0.05) is 22.8 Å². The van der Waals surface area contributed by atoms with Crippen LogP contribution in [0.2, 0.25) is 5.02 Å². The molecular weight excluding hydrogens is 302 g/mol. The quantitative estimate of drug-likeness (QED) is 0.401. The van der Waals surface area contributed by atoms with Crippen LogP contribution in [0.5, 0.6) is 0 Å². The van der Waals surface area contributed by atoms with E-state index in [-0.39, 0.29) is 0 Å². The lowest BCUT2D eigenvalue weighted by molar-refractivity contribution is -0.141. The minimum absolute atomic E-state index is 0.477. The summed E-state index contributed by atoms with van der Waals surface area (Å²) in [5.41, 5.74) is 2.30. The highest BCUT2D eigenvalue weighted by molar-refractivity contribution is 6.36. The lowest BCUT2D eigenvalue weighted by Gasteiger charge is -2.10. The Morgan fingerprint density at radius 1 is 1.32 bits per heavy atom. The lowest BCUT2D eigenvalue weighted by Crippen LogP contribution is -2.12. The molecule has 0 aliphatic rings. The Morgan fingerprint density at radius 2 is 2.18 bits per heavy atom. The SMILES string of the molecule is CC(=O)O/N=c1/c2nccc3ccc(Cl)c(c32)n2cccc12. The standard InChI is InChI=1S/C16H10ClN3O2/c1-9(21)22-19-14-12-3-2-8-20(12)16-11(17)5-4-10-6-7-18-15(14)13(10)16/h2-8H,1H3/b19-14+. The van der Waals surface area contributed by atoms with Crippen molar-refractivity contribution in [1.29, 1.82) is 0 Å². The molecule has 0 spiro atoms. The van der Waals surface area contributed by atoms with Crippen LogP contribution in [0.3, 0.4) is 0 Å². The average molecular weight is 312 g/mol. The van der Waals surface area contributed by atoms with E-state index in [2.05, 4.69) is 10.1 Å². The van der Waals surface area contributed by atoms with E-state index in [1.54, 1.807) is 6.20 Å². The number of carbonyl (C=O) groups is 1. The maximum absolute atomic E-state index is 11.1. The van der Waals surface area contributed by atoms with Gasteiger partial charge in [-0.2, -0.15) is 0 Å². The molecule has 3 aromatic heterocycles. The summed E-state index contributed by atoms with van der Waals surface area (Å²) in [5.74, 6) is -0.477. The van der Waals surface area contributed by atoms with Crippen LogP contribution >= 0.6 is 11.6 Å². The van der Waals surface area contributed by atoms with Gasteiger partial charge in [0.25, 0.3) is 0 Å². The molecule has 0 aliphatic carbocycles. The van der Waals surface area contributed by atoms with Crippen LogP contribution in [0, 0.1) is 0 Å². The maximum Gasteiger partial charge on any atom is 0.332 e. The van der Waals surface area contributed by atoms with E-state index in [0.29, 0.717) is 15.9 Å². The number of benzene rings is 1. The highest BCUT2D eigenvalue weighted by Crippen LogP contribution is 2.30. The van der Waals surface area contributed by atoms with Gasteiger partial charge in [0.1, 0.15) is 5.52 Å². The van der Waals surface area contributed by atoms with Crippen LogP contribution in [0.4, 0.5) is 0 Å². The van der Waals surface area contributed by atoms with Crippen molar-refractivity contribution < 1.29 is 9.63 Å². The van der Waals surface area contributed by atoms with Crippen molar-refractivity contribution in [2.24, 2.45) is 5.16 Å². The van der Waals surface area contributed by atoms with Gasteiger partial charge in [0.05, 0.1) is 16.1 Å². The molecule has 3 heterocycles. The molecule has 0 bridgehead atoms. The second-order valence-corrected chi connectivity index (χ2v) is 5.35. The van der Waals surface area contributed by atoms with Crippen LogP contribution in [0.15, 0.2) is 47.9 Å². The summed E-state index contributed by atoms with van der Waals surface area (Å²) in [6, 6.07) is 9.48. The van der Waals surface area contributed by atoms with E-state index in [4.69, 9.17) is 16.4 Å². The molecule has 4 rings (SSSR count). The highest BCUT2D eigenvalue weighted by atomic mass is 35.5. The third kappa shape index (κ3) is 1.76. The molecule has 6 heteroatoms. The summed E-state index contributed by atoms with van der Waals surface area (Å²) in [5, 5.41) is 7.03. The second-order valence-electron chi connectivity index (χ2n) is 4.94. The highest BCUT2D eigenvalue weighted by Gasteiger charge is 2.14. The lowest BCUT2D eigenvalue weighted by atomic mass is 10.1. The van der Waals surface area contributed by atoms with Crippen molar-refractivity contribution in [2.45, 2.75) is 6.92 Å². The Labute approximate surface area is 129 Å². The zero-order chi connectivity index (χ0) is 15.3. The molecule has 0 saturated heterocycles. The first kappa shape index (κ1) is 13.0. The summed E-state index contributed by atoms with van der Waals surface area (Å²) in [6.07, 6.45) is 3.60. The maximum atomic E-state index is 11.1. The number of hydrogen-bond acceptors (Lipinski definition) is 4. The average Bonchev–Trinajstić information content (AvgIpc) is 2.97. The van der Waals surface area contributed by atoms with E-state index < -0.39 is 5.97 Å². The van der Waals surface area contributed by atoms with Gasteiger partial charge in [-0.3, -0.25) is 4.98 Å². The minimum Gasteiger partial charge on any atom is -0.318 e. The Morgan fingerprint density at radius 3 is 3.00 bits per heavy atom. The van der Waals surface area contributed by atoms with Gasteiger partial charge in [0.15, 0.2) is 5.36 Å². The Hall–Kier alpha value is -2.66. The van der Waals surface area contributed by atoms with Crippen molar-refractivity contribution in [3.05, 3.63) is 53.1 Å². The van der Waals surface area contributed by atoms with Crippen molar-refractivity contribution in [3.63, 3.8) is 0 Å². The molecule has 0 N–H and O–H groups in total. The fourth-order valence-corrected chi connectivity index (χ4v) is 2.98. The summed E-state index contributed by atoms with van der Waals surface area (Å²) < 4.78 is 1.93. The molecule has 4 aromatic rings. The van der Waals surface area contributed by atoms with E-state index >= 15 is 0 Å². The Bertz CT molecular complexity index is 1100. The van der Waals surface area contributed by atoms with Gasteiger partial charge in [0, 0.05) is 24.7 Å². The molecule has 22 heavy (non-hydrogen) atoms. The van der Waals surface area contributed by atoms with Gasteiger partial charge >= 0.3 is 5.97 Å². The largest absolute Gasteiger partial charge is 0.332 e. The predicted octanol–water partition coefficient (Wildman–Crippen LogP) is 3.11. The zero-order valence-electron chi connectivity index (χ0n) is 11.6. The fraction of sp³-hybridized carbons (Fsp3) is 0.0625. The predicted molar refractivity (Wildman–Crippen MR) is 83.7 cm³/mol. The molecule has 0 aliphatic heterocycles. The minimum atomic E-state index is -0.477. The molecule has 0 unspecified atom stereocenters. The number of hydrogen-bond donors (Lipinski definition) is 0. The first-order chi connectivity index (χ1) is 10.7. The van der Waals surface area contributed by atoms with Gasteiger partial charge in [-0.25, -0.2) is 4.79 Å². The van der Waals surface area contributed by atoms with E-state index in [0.717, 1.165) is 21.8 Å². The number of aromatic nitrogens is 2. The monoisotopic (exact) mass is 311 g/mol. The Balaban J connectivity index is 2.33. The van der Waals surface area contributed by atoms with Crippen molar-refractivity contribution in [1.82, 2.24) is 9.38 Å².